The van der Waals surface area contributed by atoms with Crippen LogP contribution in [0.1, 0.15) is 45.0 Å². The van der Waals surface area contributed by atoms with E-state index < -0.39 is 28.0 Å². The molecule has 1 amide bonds. The third kappa shape index (κ3) is 6.80. The van der Waals surface area contributed by atoms with E-state index in [-0.39, 0.29) is 10.9 Å². The topological polar surface area (TPSA) is 105 Å². The van der Waals surface area contributed by atoms with Crippen molar-refractivity contribution in [3.05, 3.63) is 54.1 Å². The number of nitrogens with zero attached hydrogens (tertiary/aromatic N) is 1. The van der Waals surface area contributed by atoms with Gasteiger partial charge in [0.05, 0.1) is 10.5 Å². The van der Waals surface area contributed by atoms with E-state index in [4.69, 9.17) is 4.74 Å². The average Bonchev–Trinajstić information content (AvgIpc) is 2.74. The number of ether oxygens (including phenoxy) is 1. The summed E-state index contributed by atoms with van der Waals surface area (Å²) in [5.74, 6) is -1.12. The molecule has 9 heteroatoms. The predicted octanol–water partition coefficient (Wildman–Crippen LogP) is 3.40. The van der Waals surface area contributed by atoms with Crippen LogP contribution in [-0.4, -0.2) is 45.5 Å². The molecule has 0 aliphatic heterocycles. The fourth-order valence-corrected chi connectivity index (χ4v) is 4.27. The summed E-state index contributed by atoms with van der Waals surface area (Å²) in [6.45, 7) is 10.8. The van der Waals surface area contributed by atoms with E-state index in [0.29, 0.717) is 11.3 Å². The largest absolute Gasteiger partial charge is 0.449 e. The number of sulfonamides is 1. The zero-order valence-electron chi connectivity index (χ0n) is 19.1. The molecule has 0 spiro atoms. The summed E-state index contributed by atoms with van der Waals surface area (Å²) in [5.41, 5.74) is 1.75. The second-order valence-corrected chi connectivity index (χ2v) is 9.27. The maximum Gasteiger partial charge on any atom is 0.338 e. The zero-order chi connectivity index (χ0) is 23.9. The van der Waals surface area contributed by atoms with E-state index in [2.05, 4.69) is 28.8 Å². The number of esters is 1. The van der Waals surface area contributed by atoms with Gasteiger partial charge in [-0.2, -0.15) is 0 Å². The molecule has 0 saturated carbocycles. The first-order valence-electron chi connectivity index (χ1n) is 10.6. The minimum Gasteiger partial charge on any atom is -0.449 e. The van der Waals surface area contributed by atoms with Gasteiger partial charge in [-0.1, -0.05) is 0 Å². The Morgan fingerprint density at radius 3 is 2.00 bits per heavy atom. The van der Waals surface area contributed by atoms with Crippen molar-refractivity contribution >= 4 is 33.3 Å². The molecule has 2 aromatic rings. The Balaban J connectivity index is 1.97. The minimum atomic E-state index is -3.61. The Morgan fingerprint density at radius 2 is 1.50 bits per heavy atom. The van der Waals surface area contributed by atoms with Crippen LogP contribution in [-0.2, 0) is 19.6 Å². The Kier molecular flexibility index (Phi) is 8.80. The molecule has 0 heterocycles. The minimum absolute atomic E-state index is 0.0943. The summed E-state index contributed by atoms with van der Waals surface area (Å²) in [6, 6.07) is 12.6. The van der Waals surface area contributed by atoms with Gasteiger partial charge < -0.3 is 15.0 Å². The van der Waals surface area contributed by atoms with E-state index in [1.165, 1.54) is 31.2 Å². The van der Waals surface area contributed by atoms with Gasteiger partial charge in [0.1, 0.15) is 0 Å². The lowest BCUT2D eigenvalue weighted by Gasteiger charge is -2.21. The lowest BCUT2D eigenvalue weighted by atomic mass is 10.2. The van der Waals surface area contributed by atoms with Gasteiger partial charge in [0.2, 0.25) is 10.0 Å². The normalized spacial score (nSPS) is 12.3. The Hall–Kier alpha value is -2.91. The summed E-state index contributed by atoms with van der Waals surface area (Å²) in [6.07, 6.45) is -1.03. The summed E-state index contributed by atoms with van der Waals surface area (Å²) in [7, 11) is -3.61. The number of amides is 1. The quantitative estimate of drug-likeness (QED) is 0.526. The van der Waals surface area contributed by atoms with Gasteiger partial charge in [0.25, 0.3) is 5.91 Å². The fourth-order valence-electron chi connectivity index (χ4n) is 3.02. The zero-order valence-corrected chi connectivity index (χ0v) is 19.9. The lowest BCUT2D eigenvalue weighted by molar-refractivity contribution is -0.123. The highest BCUT2D eigenvalue weighted by molar-refractivity contribution is 7.89. The van der Waals surface area contributed by atoms with Crippen LogP contribution >= 0.6 is 0 Å². The monoisotopic (exact) mass is 461 g/mol. The number of hydrogen-bond acceptors (Lipinski definition) is 6. The smallest absolute Gasteiger partial charge is 0.338 e. The van der Waals surface area contributed by atoms with Crippen molar-refractivity contribution < 1.29 is 22.7 Å². The molecule has 32 heavy (non-hydrogen) atoms. The van der Waals surface area contributed by atoms with Crippen molar-refractivity contribution in [3.8, 4) is 0 Å². The molecule has 0 radical (unpaired) electrons. The van der Waals surface area contributed by atoms with E-state index in [1.54, 1.807) is 26.0 Å². The first-order valence-corrected chi connectivity index (χ1v) is 12.0. The van der Waals surface area contributed by atoms with Gasteiger partial charge in [0.15, 0.2) is 6.10 Å². The molecule has 174 valence electrons. The summed E-state index contributed by atoms with van der Waals surface area (Å²) < 4.78 is 32.1. The maximum atomic E-state index is 12.4. The van der Waals surface area contributed by atoms with E-state index >= 15 is 0 Å². The molecule has 2 aromatic carbocycles. The molecule has 8 nitrogen and oxygen atoms in total. The van der Waals surface area contributed by atoms with Gasteiger partial charge >= 0.3 is 5.97 Å². The Bertz CT molecular complexity index is 1010. The molecular formula is C23H31N3O5S. The number of carbonyl (C=O) groups excluding carboxylic acids is 2. The first-order chi connectivity index (χ1) is 15.1. The molecule has 0 bridgehead atoms. The number of benzene rings is 2. The van der Waals surface area contributed by atoms with Gasteiger partial charge in [-0.25, -0.2) is 17.9 Å². The van der Waals surface area contributed by atoms with Crippen LogP contribution in [0.5, 0.6) is 0 Å². The molecule has 0 saturated heterocycles. The third-order valence-corrected chi connectivity index (χ3v) is 6.38. The van der Waals surface area contributed by atoms with Crippen molar-refractivity contribution in [1.82, 2.24) is 4.72 Å². The summed E-state index contributed by atoms with van der Waals surface area (Å²) in [4.78, 5) is 27.0. The van der Waals surface area contributed by atoms with Gasteiger partial charge in [-0.05, 0) is 83.1 Å². The summed E-state index contributed by atoms with van der Waals surface area (Å²) >= 11 is 0. The first kappa shape index (κ1) is 25.4. The number of anilines is 2. The molecule has 0 aliphatic carbocycles. The molecular weight excluding hydrogens is 430 g/mol. The molecule has 0 fully saturated rings. The number of rotatable bonds is 10. The SMILES string of the molecule is CCN(CC)c1ccc(C(=O)OC(C)C(=O)Nc2ccc(S(=O)(=O)NC(C)C)cc2)cc1. The fraction of sp³-hybridized carbons (Fsp3) is 0.391. The van der Waals surface area contributed by atoms with Crippen molar-refractivity contribution in [2.45, 2.75) is 51.7 Å². The Morgan fingerprint density at radius 1 is 0.938 bits per heavy atom. The van der Waals surface area contributed by atoms with E-state index in [0.717, 1.165) is 18.8 Å². The van der Waals surface area contributed by atoms with Crippen LogP contribution in [0.25, 0.3) is 0 Å². The van der Waals surface area contributed by atoms with Gasteiger partial charge in [-0.3, -0.25) is 4.79 Å². The molecule has 1 unspecified atom stereocenters. The van der Waals surface area contributed by atoms with Crippen LogP contribution < -0.4 is 14.9 Å². The number of hydrogen-bond donors (Lipinski definition) is 2. The average molecular weight is 462 g/mol. The van der Waals surface area contributed by atoms with Crippen LogP contribution in [0.4, 0.5) is 11.4 Å². The molecule has 2 rings (SSSR count). The van der Waals surface area contributed by atoms with Crippen molar-refractivity contribution in [1.29, 1.82) is 0 Å². The molecule has 0 aliphatic rings. The number of nitrogens with one attached hydrogen (secondary N) is 2. The second kappa shape index (κ2) is 11.1. The molecule has 0 aromatic heterocycles. The maximum absolute atomic E-state index is 12.4. The highest BCUT2D eigenvalue weighted by Crippen LogP contribution is 2.17. The highest BCUT2D eigenvalue weighted by Gasteiger charge is 2.20. The highest BCUT2D eigenvalue weighted by atomic mass is 32.2. The van der Waals surface area contributed by atoms with Crippen molar-refractivity contribution in [2.24, 2.45) is 0 Å². The van der Waals surface area contributed by atoms with Crippen LogP contribution in [0.15, 0.2) is 53.4 Å². The van der Waals surface area contributed by atoms with Crippen molar-refractivity contribution in [3.63, 3.8) is 0 Å². The van der Waals surface area contributed by atoms with E-state index in [1.807, 2.05) is 12.1 Å². The van der Waals surface area contributed by atoms with Crippen LogP contribution in [0, 0.1) is 0 Å². The van der Waals surface area contributed by atoms with Gasteiger partial charge in [-0.15, -0.1) is 0 Å². The van der Waals surface area contributed by atoms with Crippen molar-refractivity contribution in [2.75, 3.05) is 23.3 Å². The van der Waals surface area contributed by atoms with E-state index in [9.17, 15) is 18.0 Å². The predicted molar refractivity (Wildman–Crippen MR) is 125 cm³/mol. The molecule has 2 N–H and O–H groups in total. The number of carbonyl (C=O) groups is 2. The second-order valence-electron chi connectivity index (χ2n) is 7.56. The van der Waals surface area contributed by atoms with Crippen LogP contribution in [0.2, 0.25) is 0 Å². The standard InChI is InChI=1S/C23H31N3O5S/c1-6-26(7-2)20-12-8-18(9-13-20)23(28)31-17(5)22(27)24-19-10-14-21(15-11-19)32(29,30)25-16(3)4/h8-17,25H,6-7H2,1-5H3,(H,24,27). The lowest BCUT2D eigenvalue weighted by Crippen LogP contribution is -2.30. The molecule has 1 atom stereocenters. The van der Waals surface area contributed by atoms with Crippen LogP contribution in [0.3, 0.4) is 0 Å². The van der Waals surface area contributed by atoms with Gasteiger partial charge in [0, 0.05) is 30.5 Å². The summed E-state index contributed by atoms with van der Waals surface area (Å²) in [5, 5.41) is 2.62. The third-order valence-electron chi connectivity index (χ3n) is 4.71. The Labute approximate surface area is 190 Å².